The van der Waals surface area contributed by atoms with Crippen LogP contribution >= 0.6 is 11.8 Å². The maximum atomic E-state index is 9.96. The van der Waals surface area contributed by atoms with Crippen molar-refractivity contribution < 1.29 is 9.84 Å². The molecule has 1 fully saturated rings. The summed E-state index contributed by atoms with van der Waals surface area (Å²) in [6, 6.07) is 0. The lowest BCUT2D eigenvalue weighted by molar-refractivity contribution is -0.0562. The van der Waals surface area contributed by atoms with E-state index in [0.29, 0.717) is 11.4 Å². The quantitative estimate of drug-likeness (QED) is 0.839. The standard InChI is InChI=1S/C13H27NO2S/c1-12(2,3)16-9-11(15)8-14-6-7-17-13(4,5)10-14/h11,15H,6-10H2,1-5H3. The van der Waals surface area contributed by atoms with E-state index in [1.54, 1.807) is 0 Å². The molecule has 1 heterocycles. The molecule has 0 aromatic heterocycles. The van der Waals surface area contributed by atoms with E-state index in [2.05, 4.69) is 18.7 Å². The van der Waals surface area contributed by atoms with Crippen LogP contribution in [-0.4, -0.2) is 58.5 Å². The number of nitrogens with zero attached hydrogens (tertiary/aromatic N) is 1. The van der Waals surface area contributed by atoms with Crippen LogP contribution < -0.4 is 0 Å². The molecule has 1 unspecified atom stereocenters. The highest BCUT2D eigenvalue weighted by Gasteiger charge is 2.28. The van der Waals surface area contributed by atoms with Gasteiger partial charge >= 0.3 is 0 Å². The van der Waals surface area contributed by atoms with E-state index in [1.807, 2.05) is 32.5 Å². The van der Waals surface area contributed by atoms with Crippen LogP contribution in [0, 0.1) is 0 Å². The average molecular weight is 261 g/mol. The molecule has 1 aliphatic rings. The van der Waals surface area contributed by atoms with Crippen LogP contribution in [0.4, 0.5) is 0 Å². The fourth-order valence-corrected chi connectivity index (χ4v) is 3.14. The van der Waals surface area contributed by atoms with Crippen LogP contribution in [0.25, 0.3) is 0 Å². The molecule has 102 valence electrons. The summed E-state index contributed by atoms with van der Waals surface area (Å²) in [6.07, 6.45) is -0.381. The fourth-order valence-electron chi connectivity index (χ4n) is 1.97. The zero-order chi connectivity index (χ0) is 13.1. The maximum absolute atomic E-state index is 9.96. The van der Waals surface area contributed by atoms with Gasteiger partial charge in [0.15, 0.2) is 0 Å². The number of thioether (sulfide) groups is 1. The van der Waals surface area contributed by atoms with Gasteiger partial charge in [-0.3, -0.25) is 4.90 Å². The Kier molecular flexibility index (Phi) is 5.32. The predicted octanol–water partition coefficient (Wildman–Crippen LogP) is 1.99. The lowest BCUT2D eigenvalue weighted by Crippen LogP contribution is -2.47. The Morgan fingerprint density at radius 2 is 2.06 bits per heavy atom. The summed E-state index contributed by atoms with van der Waals surface area (Å²) in [5.41, 5.74) is -0.169. The third-order valence-corrected chi connectivity index (χ3v) is 3.98. The zero-order valence-electron chi connectivity index (χ0n) is 11.8. The van der Waals surface area contributed by atoms with Crippen molar-refractivity contribution in [2.75, 3.05) is 32.0 Å². The molecule has 0 amide bonds. The van der Waals surface area contributed by atoms with E-state index in [0.717, 1.165) is 25.4 Å². The Labute approximate surface area is 110 Å². The van der Waals surface area contributed by atoms with Crippen molar-refractivity contribution in [1.29, 1.82) is 0 Å². The monoisotopic (exact) mass is 261 g/mol. The minimum Gasteiger partial charge on any atom is -0.389 e. The van der Waals surface area contributed by atoms with Crippen molar-refractivity contribution in [3.63, 3.8) is 0 Å². The number of ether oxygens (including phenoxy) is 1. The summed E-state index contributed by atoms with van der Waals surface area (Å²) in [7, 11) is 0. The molecule has 1 rings (SSSR count). The van der Waals surface area contributed by atoms with E-state index in [1.165, 1.54) is 0 Å². The first-order chi connectivity index (χ1) is 7.68. The van der Waals surface area contributed by atoms with Crippen molar-refractivity contribution in [3.8, 4) is 0 Å². The van der Waals surface area contributed by atoms with Crippen LogP contribution in [0.5, 0.6) is 0 Å². The van der Waals surface area contributed by atoms with Gasteiger partial charge < -0.3 is 9.84 Å². The Bertz CT molecular complexity index is 238. The first-order valence-corrected chi connectivity index (χ1v) is 7.35. The SMILES string of the molecule is CC(C)(C)OCC(O)CN1CCSC(C)(C)C1. The van der Waals surface area contributed by atoms with E-state index in [-0.39, 0.29) is 11.7 Å². The minimum atomic E-state index is -0.381. The second-order valence-corrected chi connectivity index (χ2v) is 8.22. The Morgan fingerprint density at radius 1 is 1.41 bits per heavy atom. The van der Waals surface area contributed by atoms with Crippen LogP contribution in [0.3, 0.4) is 0 Å². The Hall–Kier alpha value is 0.230. The van der Waals surface area contributed by atoms with Crippen LogP contribution in [0.2, 0.25) is 0 Å². The minimum absolute atomic E-state index is 0.169. The van der Waals surface area contributed by atoms with Gasteiger partial charge in [0, 0.05) is 30.1 Å². The van der Waals surface area contributed by atoms with Gasteiger partial charge in [0.1, 0.15) is 0 Å². The van der Waals surface area contributed by atoms with E-state index in [9.17, 15) is 5.11 Å². The molecule has 0 saturated carbocycles. The first kappa shape index (κ1) is 15.3. The zero-order valence-corrected chi connectivity index (χ0v) is 12.6. The molecule has 4 heteroatoms. The third kappa shape index (κ3) is 6.65. The summed E-state index contributed by atoms with van der Waals surface area (Å²) in [4.78, 5) is 2.34. The van der Waals surface area contributed by atoms with Crippen molar-refractivity contribution in [2.45, 2.75) is 51.1 Å². The van der Waals surface area contributed by atoms with Crippen molar-refractivity contribution in [2.24, 2.45) is 0 Å². The molecule has 1 aliphatic heterocycles. The smallest absolute Gasteiger partial charge is 0.0900 e. The lowest BCUT2D eigenvalue weighted by atomic mass is 10.1. The summed E-state index contributed by atoms with van der Waals surface area (Å²) in [6.45, 7) is 13.8. The average Bonchev–Trinajstić information content (AvgIpc) is 2.12. The molecule has 0 aromatic carbocycles. The highest BCUT2D eigenvalue weighted by atomic mass is 32.2. The summed E-state index contributed by atoms with van der Waals surface area (Å²) in [5.74, 6) is 1.15. The van der Waals surface area contributed by atoms with Crippen LogP contribution in [-0.2, 0) is 4.74 Å². The van der Waals surface area contributed by atoms with Crippen LogP contribution in [0.1, 0.15) is 34.6 Å². The van der Waals surface area contributed by atoms with Gasteiger partial charge in [0.2, 0.25) is 0 Å². The van der Waals surface area contributed by atoms with Gasteiger partial charge in [-0.15, -0.1) is 0 Å². The first-order valence-electron chi connectivity index (χ1n) is 6.36. The third-order valence-electron chi connectivity index (χ3n) is 2.68. The maximum Gasteiger partial charge on any atom is 0.0900 e. The molecule has 0 bridgehead atoms. The van der Waals surface area contributed by atoms with Crippen molar-refractivity contribution in [1.82, 2.24) is 4.90 Å². The van der Waals surface area contributed by atoms with Gasteiger partial charge in [0.25, 0.3) is 0 Å². The lowest BCUT2D eigenvalue weighted by Gasteiger charge is -2.38. The number of β-amino-alcohol motifs (C(OH)–C–C–N with tert-alkyl or cyclic N) is 1. The molecule has 0 aliphatic carbocycles. The van der Waals surface area contributed by atoms with Crippen molar-refractivity contribution >= 4 is 11.8 Å². The summed E-state index contributed by atoms with van der Waals surface area (Å²) < 4.78 is 5.91. The number of aliphatic hydroxyl groups is 1. The number of hydrogen-bond acceptors (Lipinski definition) is 4. The Balaban J connectivity index is 2.28. The predicted molar refractivity (Wildman–Crippen MR) is 74.7 cm³/mol. The molecular weight excluding hydrogens is 234 g/mol. The summed E-state index contributed by atoms with van der Waals surface area (Å²) >= 11 is 2.01. The molecule has 1 N–H and O–H groups in total. The van der Waals surface area contributed by atoms with Gasteiger partial charge in [-0.2, -0.15) is 11.8 Å². The molecule has 3 nitrogen and oxygen atoms in total. The Morgan fingerprint density at radius 3 is 2.59 bits per heavy atom. The highest BCUT2D eigenvalue weighted by Crippen LogP contribution is 2.29. The van der Waals surface area contributed by atoms with E-state index < -0.39 is 0 Å². The fraction of sp³-hybridized carbons (Fsp3) is 1.00. The van der Waals surface area contributed by atoms with E-state index >= 15 is 0 Å². The van der Waals surface area contributed by atoms with Gasteiger partial charge in [-0.25, -0.2) is 0 Å². The van der Waals surface area contributed by atoms with Gasteiger partial charge in [0.05, 0.1) is 18.3 Å². The number of aliphatic hydroxyl groups excluding tert-OH is 1. The van der Waals surface area contributed by atoms with Crippen molar-refractivity contribution in [3.05, 3.63) is 0 Å². The van der Waals surface area contributed by atoms with Crippen LogP contribution in [0.15, 0.2) is 0 Å². The second-order valence-electron chi connectivity index (χ2n) is 6.42. The second kappa shape index (κ2) is 5.91. The topological polar surface area (TPSA) is 32.7 Å². The normalized spacial score (nSPS) is 23.6. The van der Waals surface area contributed by atoms with Gasteiger partial charge in [-0.05, 0) is 34.6 Å². The highest BCUT2D eigenvalue weighted by molar-refractivity contribution is 8.00. The largest absolute Gasteiger partial charge is 0.389 e. The van der Waals surface area contributed by atoms with E-state index in [4.69, 9.17) is 4.74 Å². The molecule has 1 atom stereocenters. The van der Waals surface area contributed by atoms with Gasteiger partial charge in [-0.1, -0.05) is 0 Å². The molecule has 1 saturated heterocycles. The molecular formula is C13H27NO2S. The molecule has 17 heavy (non-hydrogen) atoms. The number of rotatable bonds is 4. The molecule has 0 aromatic rings. The molecule has 0 spiro atoms. The molecule has 0 radical (unpaired) electrons. The number of hydrogen-bond donors (Lipinski definition) is 1. The summed E-state index contributed by atoms with van der Waals surface area (Å²) in [5, 5.41) is 9.96.